The SMILES string of the molecule is CN1CCC(Nc2nccn3nccc23)C1=O. The minimum atomic E-state index is -0.173. The molecule has 1 N–H and O–H groups in total. The van der Waals surface area contributed by atoms with Crippen LogP contribution in [0.3, 0.4) is 0 Å². The molecule has 0 saturated carbocycles. The smallest absolute Gasteiger partial charge is 0.244 e. The number of hydrogen-bond acceptors (Lipinski definition) is 4. The maximum atomic E-state index is 11.8. The monoisotopic (exact) mass is 231 g/mol. The highest BCUT2D eigenvalue weighted by Gasteiger charge is 2.29. The molecule has 0 spiro atoms. The van der Waals surface area contributed by atoms with Crippen LogP contribution in [0.25, 0.3) is 5.52 Å². The lowest BCUT2D eigenvalue weighted by molar-refractivity contribution is -0.127. The van der Waals surface area contributed by atoms with Crippen LogP contribution in [0, 0.1) is 0 Å². The number of amides is 1. The number of aromatic nitrogens is 3. The molecule has 6 heteroatoms. The van der Waals surface area contributed by atoms with Crippen LogP contribution in [-0.2, 0) is 4.79 Å². The summed E-state index contributed by atoms with van der Waals surface area (Å²) >= 11 is 0. The lowest BCUT2D eigenvalue weighted by Crippen LogP contribution is -2.31. The zero-order valence-electron chi connectivity index (χ0n) is 9.50. The van der Waals surface area contributed by atoms with Crippen LogP contribution in [0.4, 0.5) is 5.82 Å². The third kappa shape index (κ3) is 1.61. The number of nitrogens with one attached hydrogen (secondary N) is 1. The number of likely N-dealkylation sites (tertiary alicyclic amines) is 1. The van der Waals surface area contributed by atoms with E-state index >= 15 is 0 Å². The number of anilines is 1. The van der Waals surface area contributed by atoms with Gasteiger partial charge in [0.05, 0.1) is 6.20 Å². The molecule has 1 saturated heterocycles. The van der Waals surface area contributed by atoms with Gasteiger partial charge in [0.15, 0.2) is 5.82 Å². The third-order valence-electron chi connectivity index (χ3n) is 3.06. The van der Waals surface area contributed by atoms with Gasteiger partial charge < -0.3 is 10.2 Å². The van der Waals surface area contributed by atoms with Crippen molar-refractivity contribution in [3.8, 4) is 0 Å². The van der Waals surface area contributed by atoms with E-state index in [0.717, 1.165) is 18.5 Å². The number of carbonyl (C=O) groups excluding carboxylic acids is 1. The molecule has 2 aromatic heterocycles. The summed E-state index contributed by atoms with van der Waals surface area (Å²) in [7, 11) is 1.82. The van der Waals surface area contributed by atoms with E-state index in [1.54, 1.807) is 28.0 Å². The van der Waals surface area contributed by atoms with Crippen LogP contribution in [0.5, 0.6) is 0 Å². The molecule has 88 valence electrons. The first-order valence-corrected chi connectivity index (χ1v) is 5.55. The number of carbonyl (C=O) groups is 1. The Labute approximate surface area is 98.2 Å². The molecule has 1 aliphatic rings. The van der Waals surface area contributed by atoms with Gasteiger partial charge in [0.25, 0.3) is 0 Å². The van der Waals surface area contributed by atoms with Crippen LogP contribution in [0.1, 0.15) is 6.42 Å². The Morgan fingerprint density at radius 1 is 1.47 bits per heavy atom. The zero-order chi connectivity index (χ0) is 11.8. The Hall–Kier alpha value is -2.11. The van der Waals surface area contributed by atoms with Crippen molar-refractivity contribution in [2.75, 3.05) is 18.9 Å². The third-order valence-corrected chi connectivity index (χ3v) is 3.06. The Morgan fingerprint density at radius 2 is 2.35 bits per heavy atom. The van der Waals surface area contributed by atoms with Crippen molar-refractivity contribution in [3.05, 3.63) is 24.7 Å². The van der Waals surface area contributed by atoms with E-state index in [1.165, 1.54) is 0 Å². The van der Waals surface area contributed by atoms with Gasteiger partial charge in [0, 0.05) is 26.0 Å². The van der Waals surface area contributed by atoms with E-state index in [1.807, 2.05) is 13.1 Å². The van der Waals surface area contributed by atoms with Gasteiger partial charge in [0.2, 0.25) is 5.91 Å². The van der Waals surface area contributed by atoms with Gasteiger partial charge in [-0.2, -0.15) is 5.10 Å². The molecule has 1 aliphatic heterocycles. The molecule has 1 amide bonds. The van der Waals surface area contributed by atoms with Gasteiger partial charge in [0.1, 0.15) is 11.6 Å². The molecule has 0 bridgehead atoms. The number of rotatable bonds is 2. The summed E-state index contributed by atoms with van der Waals surface area (Å²) in [6.07, 6.45) is 5.98. The predicted molar refractivity (Wildman–Crippen MR) is 62.7 cm³/mol. The quantitative estimate of drug-likeness (QED) is 0.811. The summed E-state index contributed by atoms with van der Waals surface area (Å²) in [5, 5.41) is 7.32. The normalized spacial score (nSPS) is 20.2. The van der Waals surface area contributed by atoms with E-state index in [4.69, 9.17) is 0 Å². The Morgan fingerprint density at radius 3 is 3.12 bits per heavy atom. The molecular formula is C11H13N5O. The minimum Gasteiger partial charge on any atom is -0.357 e. The fourth-order valence-electron chi connectivity index (χ4n) is 2.09. The first-order chi connectivity index (χ1) is 8.25. The van der Waals surface area contributed by atoms with Gasteiger partial charge in [-0.15, -0.1) is 0 Å². The maximum Gasteiger partial charge on any atom is 0.244 e. The molecule has 6 nitrogen and oxygen atoms in total. The molecule has 0 aromatic carbocycles. The summed E-state index contributed by atoms with van der Waals surface area (Å²) < 4.78 is 1.73. The van der Waals surface area contributed by atoms with Crippen molar-refractivity contribution < 1.29 is 4.79 Å². The lowest BCUT2D eigenvalue weighted by Gasteiger charge is -2.13. The summed E-state index contributed by atoms with van der Waals surface area (Å²) in [6, 6.07) is 1.70. The van der Waals surface area contributed by atoms with E-state index < -0.39 is 0 Å². The fraction of sp³-hybridized carbons (Fsp3) is 0.364. The Kier molecular flexibility index (Phi) is 2.21. The van der Waals surface area contributed by atoms with Gasteiger partial charge in [-0.1, -0.05) is 0 Å². The van der Waals surface area contributed by atoms with Gasteiger partial charge in [-0.05, 0) is 12.5 Å². The van der Waals surface area contributed by atoms with E-state index in [9.17, 15) is 4.79 Å². The van der Waals surface area contributed by atoms with Gasteiger partial charge in [-0.25, -0.2) is 9.50 Å². The van der Waals surface area contributed by atoms with Crippen LogP contribution in [0.15, 0.2) is 24.7 Å². The average molecular weight is 231 g/mol. The maximum absolute atomic E-state index is 11.8. The molecule has 0 aliphatic carbocycles. The molecule has 1 atom stereocenters. The molecular weight excluding hydrogens is 218 g/mol. The minimum absolute atomic E-state index is 0.119. The predicted octanol–water partition coefficient (Wildman–Crippen LogP) is 0.372. The standard InChI is InChI=1S/C11H13N5O/c1-15-6-3-8(11(15)17)14-10-9-2-4-13-16(9)7-5-12-10/h2,4-5,7-8H,3,6H2,1H3,(H,12,14). The second-order valence-corrected chi connectivity index (χ2v) is 4.18. The van der Waals surface area contributed by atoms with Crippen LogP contribution >= 0.6 is 0 Å². The Balaban J connectivity index is 1.90. The Bertz CT molecular complexity index is 564. The van der Waals surface area contributed by atoms with E-state index in [2.05, 4.69) is 15.4 Å². The summed E-state index contributed by atoms with van der Waals surface area (Å²) in [5.74, 6) is 0.826. The molecule has 0 radical (unpaired) electrons. The van der Waals surface area contributed by atoms with Crippen molar-refractivity contribution in [2.45, 2.75) is 12.5 Å². The van der Waals surface area contributed by atoms with Gasteiger partial charge >= 0.3 is 0 Å². The molecule has 17 heavy (non-hydrogen) atoms. The summed E-state index contributed by atoms with van der Waals surface area (Å²) in [6.45, 7) is 0.791. The molecule has 2 aromatic rings. The van der Waals surface area contributed by atoms with Crippen LogP contribution in [-0.4, -0.2) is 45.0 Å². The molecule has 1 fully saturated rings. The van der Waals surface area contributed by atoms with E-state index in [-0.39, 0.29) is 11.9 Å². The van der Waals surface area contributed by atoms with Crippen molar-refractivity contribution >= 4 is 17.2 Å². The highest BCUT2D eigenvalue weighted by molar-refractivity contribution is 5.87. The number of nitrogens with zero attached hydrogens (tertiary/aromatic N) is 4. The molecule has 3 heterocycles. The zero-order valence-corrected chi connectivity index (χ0v) is 9.50. The second-order valence-electron chi connectivity index (χ2n) is 4.18. The number of likely N-dealkylation sites (N-methyl/N-ethyl adjacent to an activating group) is 1. The second kappa shape index (κ2) is 3.73. The van der Waals surface area contributed by atoms with Crippen molar-refractivity contribution in [1.82, 2.24) is 19.5 Å². The summed E-state index contributed by atoms with van der Waals surface area (Å²) in [5.41, 5.74) is 0.884. The van der Waals surface area contributed by atoms with Crippen molar-refractivity contribution in [3.63, 3.8) is 0 Å². The molecule has 3 rings (SSSR count). The lowest BCUT2D eigenvalue weighted by atomic mass is 10.2. The molecule has 1 unspecified atom stereocenters. The largest absolute Gasteiger partial charge is 0.357 e. The van der Waals surface area contributed by atoms with E-state index in [0.29, 0.717) is 5.82 Å². The highest BCUT2D eigenvalue weighted by atomic mass is 16.2. The number of hydrogen-bond donors (Lipinski definition) is 1. The first-order valence-electron chi connectivity index (χ1n) is 5.55. The van der Waals surface area contributed by atoms with Gasteiger partial charge in [-0.3, -0.25) is 4.79 Å². The number of fused-ring (bicyclic) bond motifs is 1. The van der Waals surface area contributed by atoms with Crippen molar-refractivity contribution in [2.24, 2.45) is 0 Å². The fourth-order valence-corrected chi connectivity index (χ4v) is 2.09. The topological polar surface area (TPSA) is 62.5 Å². The first kappa shape index (κ1) is 10.1. The summed E-state index contributed by atoms with van der Waals surface area (Å²) in [4.78, 5) is 17.8. The average Bonchev–Trinajstić information content (AvgIpc) is 2.91. The van der Waals surface area contributed by atoms with Crippen LogP contribution < -0.4 is 5.32 Å². The van der Waals surface area contributed by atoms with Crippen LogP contribution in [0.2, 0.25) is 0 Å². The highest BCUT2D eigenvalue weighted by Crippen LogP contribution is 2.18. The van der Waals surface area contributed by atoms with Crippen molar-refractivity contribution in [1.29, 1.82) is 0 Å².